The Bertz CT molecular complexity index is 345. The second kappa shape index (κ2) is 5.07. The van der Waals surface area contributed by atoms with Crippen LogP contribution < -0.4 is 5.73 Å². The van der Waals surface area contributed by atoms with E-state index in [1.54, 1.807) is 11.3 Å². The maximum Gasteiger partial charge on any atom is 0.0794 e. The summed E-state index contributed by atoms with van der Waals surface area (Å²) in [7, 11) is 0. The number of nitrogens with zero attached hydrogens (tertiary/aromatic N) is 1. The molecule has 3 heteroatoms. The van der Waals surface area contributed by atoms with Crippen molar-refractivity contribution in [3.05, 3.63) is 16.6 Å². The van der Waals surface area contributed by atoms with Crippen molar-refractivity contribution in [2.45, 2.75) is 52.5 Å². The van der Waals surface area contributed by atoms with Gasteiger partial charge in [-0.2, -0.15) is 0 Å². The van der Waals surface area contributed by atoms with Crippen LogP contribution in [0.3, 0.4) is 0 Å². The maximum absolute atomic E-state index is 6.37. The lowest BCUT2D eigenvalue weighted by atomic mass is 9.65. The van der Waals surface area contributed by atoms with Crippen LogP contribution in [0.2, 0.25) is 0 Å². The average molecular weight is 252 g/mol. The van der Waals surface area contributed by atoms with E-state index >= 15 is 0 Å². The van der Waals surface area contributed by atoms with Crippen molar-refractivity contribution in [3.8, 4) is 0 Å². The highest BCUT2D eigenvalue weighted by Crippen LogP contribution is 2.41. The molecule has 3 unspecified atom stereocenters. The van der Waals surface area contributed by atoms with Gasteiger partial charge < -0.3 is 5.73 Å². The molecule has 1 aromatic rings. The topological polar surface area (TPSA) is 38.9 Å². The molecule has 1 saturated carbocycles. The first-order valence-corrected chi connectivity index (χ1v) is 7.50. The van der Waals surface area contributed by atoms with Gasteiger partial charge in [-0.15, -0.1) is 11.3 Å². The summed E-state index contributed by atoms with van der Waals surface area (Å²) >= 11 is 1.76. The Balaban J connectivity index is 2.04. The zero-order valence-corrected chi connectivity index (χ0v) is 12.0. The van der Waals surface area contributed by atoms with Gasteiger partial charge in [0.1, 0.15) is 0 Å². The van der Waals surface area contributed by atoms with Crippen LogP contribution in [0.15, 0.2) is 11.7 Å². The lowest BCUT2D eigenvalue weighted by Crippen LogP contribution is -2.44. The van der Waals surface area contributed by atoms with E-state index in [0.717, 1.165) is 12.3 Å². The van der Waals surface area contributed by atoms with E-state index < -0.39 is 0 Å². The van der Waals surface area contributed by atoms with Crippen LogP contribution >= 0.6 is 11.3 Å². The Morgan fingerprint density at radius 2 is 2.24 bits per heavy atom. The number of hydrogen-bond donors (Lipinski definition) is 1. The van der Waals surface area contributed by atoms with Gasteiger partial charge in [0.05, 0.1) is 5.51 Å². The molecule has 0 saturated heterocycles. The summed E-state index contributed by atoms with van der Waals surface area (Å²) in [6.07, 6.45) is 6.93. The Kier molecular flexibility index (Phi) is 3.88. The van der Waals surface area contributed by atoms with E-state index in [4.69, 9.17) is 5.73 Å². The second-order valence-corrected chi connectivity index (χ2v) is 7.29. The number of thiazole rings is 1. The zero-order chi connectivity index (χ0) is 12.5. The van der Waals surface area contributed by atoms with E-state index in [9.17, 15) is 0 Å². The molecule has 2 N–H and O–H groups in total. The number of rotatable bonds is 3. The molecule has 0 aliphatic heterocycles. The number of aromatic nitrogens is 1. The maximum atomic E-state index is 6.37. The van der Waals surface area contributed by atoms with Gasteiger partial charge in [0.2, 0.25) is 0 Å². The third kappa shape index (κ3) is 3.08. The van der Waals surface area contributed by atoms with Crippen molar-refractivity contribution < 1.29 is 0 Å². The van der Waals surface area contributed by atoms with Gasteiger partial charge in [-0.1, -0.05) is 27.2 Å². The molecule has 1 aliphatic carbocycles. The van der Waals surface area contributed by atoms with Crippen LogP contribution in [0.4, 0.5) is 0 Å². The SMILES string of the molecule is CC1CCC(C(C)(C)Cc2cncs2)C(N)C1. The van der Waals surface area contributed by atoms with E-state index in [1.165, 1.54) is 24.1 Å². The Morgan fingerprint density at radius 3 is 2.82 bits per heavy atom. The molecule has 1 aromatic heterocycles. The van der Waals surface area contributed by atoms with E-state index in [2.05, 4.69) is 25.8 Å². The quantitative estimate of drug-likeness (QED) is 0.894. The first-order chi connectivity index (χ1) is 7.99. The average Bonchev–Trinajstić information content (AvgIpc) is 2.68. The monoisotopic (exact) mass is 252 g/mol. The summed E-state index contributed by atoms with van der Waals surface area (Å²) in [5.74, 6) is 1.46. The Morgan fingerprint density at radius 1 is 1.47 bits per heavy atom. The predicted octanol–water partition coefficient (Wildman–Crippen LogP) is 3.48. The smallest absolute Gasteiger partial charge is 0.0794 e. The molecule has 0 amide bonds. The Hall–Kier alpha value is -0.410. The minimum atomic E-state index is 0.298. The fourth-order valence-corrected chi connectivity index (χ4v) is 4.14. The Labute approximate surface area is 109 Å². The summed E-state index contributed by atoms with van der Waals surface area (Å²) in [5.41, 5.74) is 8.59. The number of nitrogens with two attached hydrogens (primary N) is 1. The zero-order valence-electron chi connectivity index (χ0n) is 11.1. The molecule has 0 bridgehead atoms. The van der Waals surface area contributed by atoms with Crippen molar-refractivity contribution in [2.24, 2.45) is 23.0 Å². The van der Waals surface area contributed by atoms with Gasteiger partial charge in [-0.05, 0) is 36.5 Å². The molecule has 0 spiro atoms. The van der Waals surface area contributed by atoms with Crippen LogP contribution in [0.25, 0.3) is 0 Å². The molecule has 3 atom stereocenters. The van der Waals surface area contributed by atoms with Crippen LogP contribution in [0.5, 0.6) is 0 Å². The van der Waals surface area contributed by atoms with Gasteiger partial charge >= 0.3 is 0 Å². The highest BCUT2D eigenvalue weighted by Gasteiger charge is 2.37. The normalized spacial score (nSPS) is 30.5. The van der Waals surface area contributed by atoms with Crippen LogP contribution in [-0.4, -0.2) is 11.0 Å². The van der Waals surface area contributed by atoms with Crippen LogP contribution in [0, 0.1) is 17.3 Å². The summed E-state index contributed by atoms with van der Waals surface area (Å²) in [5, 5.41) is 0. The van der Waals surface area contributed by atoms with Crippen molar-refractivity contribution in [2.75, 3.05) is 0 Å². The summed E-state index contributed by atoms with van der Waals surface area (Å²) < 4.78 is 0. The van der Waals surface area contributed by atoms with Crippen molar-refractivity contribution in [1.29, 1.82) is 0 Å². The van der Waals surface area contributed by atoms with Gasteiger partial charge in [-0.25, -0.2) is 0 Å². The standard InChI is InChI=1S/C14H24N2S/c1-10-4-5-12(13(15)6-10)14(2,3)7-11-8-16-9-17-11/h8-10,12-13H,4-7,15H2,1-3H3. The van der Waals surface area contributed by atoms with Gasteiger partial charge in [0.25, 0.3) is 0 Å². The van der Waals surface area contributed by atoms with Crippen molar-refractivity contribution in [1.82, 2.24) is 4.98 Å². The van der Waals surface area contributed by atoms with Crippen molar-refractivity contribution in [3.63, 3.8) is 0 Å². The van der Waals surface area contributed by atoms with E-state index in [0.29, 0.717) is 17.4 Å². The van der Waals surface area contributed by atoms with Gasteiger partial charge in [0, 0.05) is 17.1 Å². The lowest BCUT2D eigenvalue weighted by Gasteiger charge is -2.42. The first kappa shape index (κ1) is 13.0. The molecule has 1 aliphatic rings. The summed E-state index contributed by atoms with van der Waals surface area (Å²) in [4.78, 5) is 5.56. The lowest BCUT2D eigenvalue weighted by molar-refractivity contribution is 0.114. The molecule has 2 nitrogen and oxygen atoms in total. The molecule has 17 heavy (non-hydrogen) atoms. The predicted molar refractivity (Wildman–Crippen MR) is 74.1 cm³/mol. The fraction of sp³-hybridized carbons (Fsp3) is 0.786. The van der Waals surface area contributed by atoms with Gasteiger partial charge in [0.15, 0.2) is 0 Å². The van der Waals surface area contributed by atoms with Crippen molar-refractivity contribution >= 4 is 11.3 Å². The van der Waals surface area contributed by atoms with Gasteiger partial charge in [-0.3, -0.25) is 4.98 Å². The molecule has 0 aromatic carbocycles. The largest absolute Gasteiger partial charge is 0.327 e. The van der Waals surface area contributed by atoms with E-state index in [-0.39, 0.29) is 0 Å². The molecule has 1 fully saturated rings. The molecule has 0 radical (unpaired) electrons. The van der Waals surface area contributed by atoms with Crippen LogP contribution in [0.1, 0.15) is 44.9 Å². The van der Waals surface area contributed by atoms with E-state index in [1.807, 2.05) is 11.7 Å². The first-order valence-electron chi connectivity index (χ1n) is 6.62. The third-order valence-corrected chi connectivity index (χ3v) is 5.06. The molecular formula is C14H24N2S. The minimum Gasteiger partial charge on any atom is -0.327 e. The molecule has 1 heterocycles. The third-order valence-electron chi connectivity index (χ3n) is 4.28. The second-order valence-electron chi connectivity index (χ2n) is 6.32. The molecule has 2 rings (SSSR count). The fourth-order valence-electron chi connectivity index (χ4n) is 3.30. The summed E-state index contributed by atoms with van der Waals surface area (Å²) in [6.45, 7) is 7.06. The molecule has 96 valence electrons. The highest BCUT2D eigenvalue weighted by atomic mass is 32.1. The summed E-state index contributed by atoms with van der Waals surface area (Å²) in [6, 6.07) is 0.377. The molecular weight excluding hydrogens is 228 g/mol. The van der Waals surface area contributed by atoms with Crippen LogP contribution in [-0.2, 0) is 6.42 Å². The highest BCUT2D eigenvalue weighted by molar-refractivity contribution is 7.09. The number of hydrogen-bond acceptors (Lipinski definition) is 3. The minimum absolute atomic E-state index is 0.298.